The van der Waals surface area contributed by atoms with Gasteiger partial charge < -0.3 is 69.8 Å². The van der Waals surface area contributed by atoms with Crippen molar-refractivity contribution in [3.8, 4) is 5.75 Å². The van der Waals surface area contributed by atoms with Gasteiger partial charge in [-0.1, -0.05) is 77.9 Å². The van der Waals surface area contributed by atoms with Crippen LogP contribution in [-0.4, -0.2) is 160 Å². The Hall–Kier alpha value is -6.74. The van der Waals surface area contributed by atoms with Gasteiger partial charge in [-0.3, -0.25) is 52.9 Å². The molecule has 432 valence electrons. The van der Waals surface area contributed by atoms with Crippen LogP contribution in [0.3, 0.4) is 0 Å². The minimum Gasteiger partial charge on any atom is -0.494 e. The molecule has 10 amide bonds. The number of benzene rings is 2. The fourth-order valence-corrected chi connectivity index (χ4v) is 14.0. The van der Waals surface area contributed by atoms with E-state index in [9.17, 15) is 47.9 Å². The first kappa shape index (κ1) is 63.1. The van der Waals surface area contributed by atoms with E-state index < -0.39 is 125 Å². The molecule has 5 rings (SSSR count). The average Bonchev–Trinajstić information content (AvgIpc) is 3.91. The summed E-state index contributed by atoms with van der Waals surface area (Å²) < 4.78 is 4.90. The SMILES string of the molecule is CCOc1ccc(CC2NC(=O)CC3(CCSCC3)SSCC(C(=O)N3CCC[C@H]3C(=O)N[C@@H](CCCN=C(N)N)C(=O)NCC(N)=O)NC(=O)[C@H](CC(N)=O)NC(=O)[C@H](C(C)C)NC(=O)C(Cc3ccccc3)NC2=O)cc1. The lowest BCUT2D eigenvalue weighted by molar-refractivity contribution is -0.142. The molecular formula is C52H75N13O11S3. The zero-order valence-corrected chi connectivity index (χ0v) is 47.2. The number of ether oxygens (including phenoxy) is 1. The van der Waals surface area contributed by atoms with E-state index in [1.165, 1.54) is 26.5 Å². The average molecular weight is 1150 g/mol. The van der Waals surface area contributed by atoms with Gasteiger partial charge in [-0.05, 0) is 86.1 Å². The van der Waals surface area contributed by atoms with E-state index >= 15 is 0 Å². The molecule has 3 aliphatic heterocycles. The van der Waals surface area contributed by atoms with Crippen LogP contribution in [0.1, 0.15) is 83.3 Å². The van der Waals surface area contributed by atoms with Crippen LogP contribution in [0.15, 0.2) is 59.6 Å². The second-order valence-electron chi connectivity index (χ2n) is 19.9. The molecule has 0 aromatic heterocycles. The highest BCUT2D eigenvalue weighted by Gasteiger charge is 2.42. The number of nitrogens with zero attached hydrogens (tertiary/aromatic N) is 2. The second-order valence-corrected chi connectivity index (χ2v) is 23.9. The van der Waals surface area contributed by atoms with Crippen LogP contribution in [0.2, 0.25) is 0 Å². The number of rotatable bonds is 19. The lowest BCUT2D eigenvalue weighted by Gasteiger charge is -2.36. The van der Waals surface area contributed by atoms with Crippen molar-refractivity contribution in [2.45, 2.75) is 132 Å². The number of amides is 10. The number of aliphatic imine (C=N–C) groups is 1. The molecule has 3 unspecified atom stereocenters. The third kappa shape index (κ3) is 20.1. The van der Waals surface area contributed by atoms with Crippen molar-refractivity contribution in [1.82, 2.24) is 42.1 Å². The fraction of sp³-hybridized carbons (Fsp3) is 0.558. The van der Waals surface area contributed by atoms with Gasteiger partial charge in [0.05, 0.1) is 19.6 Å². The Morgan fingerprint density at radius 3 is 2.06 bits per heavy atom. The van der Waals surface area contributed by atoms with Gasteiger partial charge in [0.25, 0.3) is 0 Å². The maximum atomic E-state index is 14.9. The summed E-state index contributed by atoms with van der Waals surface area (Å²) in [5.41, 5.74) is 23.2. The minimum atomic E-state index is -1.66. The van der Waals surface area contributed by atoms with Crippen molar-refractivity contribution in [3.05, 3.63) is 65.7 Å². The van der Waals surface area contributed by atoms with E-state index in [0.29, 0.717) is 54.3 Å². The molecular weight excluding hydrogens is 1080 g/mol. The minimum absolute atomic E-state index is 0.0154. The van der Waals surface area contributed by atoms with Crippen LogP contribution in [0.5, 0.6) is 5.75 Å². The zero-order chi connectivity index (χ0) is 57.6. The molecule has 0 bridgehead atoms. The first-order valence-electron chi connectivity index (χ1n) is 26.3. The number of hydrogen-bond donors (Lipinski definition) is 11. The molecule has 0 radical (unpaired) electrons. The molecule has 2 aromatic carbocycles. The molecule has 24 nitrogen and oxygen atoms in total. The van der Waals surface area contributed by atoms with Gasteiger partial charge in [-0.2, -0.15) is 11.8 Å². The number of guanidine groups is 1. The Kier molecular flexibility index (Phi) is 24.9. The van der Waals surface area contributed by atoms with Crippen molar-refractivity contribution in [2.75, 3.05) is 43.5 Å². The summed E-state index contributed by atoms with van der Waals surface area (Å²) in [5.74, 6) is -6.54. The van der Waals surface area contributed by atoms with Gasteiger partial charge in [0, 0.05) is 42.9 Å². The molecule has 3 saturated heterocycles. The molecule has 3 fully saturated rings. The monoisotopic (exact) mass is 1150 g/mol. The summed E-state index contributed by atoms with van der Waals surface area (Å²) in [4.78, 5) is 144. The number of likely N-dealkylation sites (tertiary alicyclic amines) is 1. The first-order valence-corrected chi connectivity index (χ1v) is 29.8. The fourth-order valence-electron chi connectivity index (χ4n) is 9.21. The first-order chi connectivity index (χ1) is 37.7. The van der Waals surface area contributed by atoms with Crippen LogP contribution < -0.4 is 64.9 Å². The van der Waals surface area contributed by atoms with E-state index in [1.807, 2.05) is 6.92 Å². The number of carbonyl (C=O) groups is 10. The van der Waals surface area contributed by atoms with Gasteiger partial charge >= 0.3 is 0 Å². The summed E-state index contributed by atoms with van der Waals surface area (Å²) in [7, 11) is 2.57. The van der Waals surface area contributed by atoms with Gasteiger partial charge in [-0.15, -0.1) is 0 Å². The van der Waals surface area contributed by atoms with Crippen LogP contribution in [0.4, 0.5) is 0 Å². The summed E-state index contributed by atoms with van der Waals surface area (Å²) in [6.07, 6.45) is 1.19. The predicted octanol–water partition coefficient (Wildman–Crippen LogP) is -0.992. The Balaban J connectivity index is 1.52. The summed E-state index contributed by atoms with van der Waals surface area (Å²) in [6, 6.07) is 6.79. The zero-order valence-electron chi connectivity index (χ0n) is 44.8. The van der Waals surface area contributed by atoms with Gasteiger partial charge in [0.1, 0.15) is 48.0 Å². The van der Waals surface area contributed by atoms with E-state index in [0.717, 1.165) is 0 Å². The highest BCUT2D eigenvalue weighted by molar-refractivity contribution is 8.77. The normalized spacial score (nSPS) is 22.9. The Labute approximate surface area is 471 Å². The third-order valence-electron chi connectivity index (χ3n) is 13.4. The number of hydrogen-bond acceptors (Lipinski definition) is 15. The van der Waals surface area contributed by atoms with Crippen molar-refractivity contribution >= 4 is 98.4 Å². The molecule has 27 heteroatoms. The number of nitrogens with one attached hydrogen (secondary N) is 7. The molecule has 2 aromatic rings. The molecule has 3 heterocycles. The smallest absolute Gasteiger partial charge is 0.246 e. The third-order valence-corrected chi connectivity index (χ3v) is 17.7. The van der Waals surface area contributed by atoms with Crippen LogP contribution >= 0.6 is 33.3 Å². The van der Waals surface area contributed by atoms with Crippen LogP contribution in [0.25, 0.3) is 0 Å². The molecule has 0 aliphatic carbocycles. The molecule has 15 N–H and O–H groups in total. The van der Waals surface area contributed by atoms with Crippen molar-refractivity contribution in [3.63, 3.8) is 0 Å². The van der Waals surface area contributed by atoms with E-state index in [2.05, 4.69) is 42.2 Å². The number of thioether (sulfide) groups is 1. The quantitative estimate of drug-likeness (QED) is 0.0348. The van der Waals surface area contributed by atoms with Crippen molar-refractivity contribution in [2.24, 2.45) is 33.8 Å². The van der Waals surface area contributed by atoms with Crippen molar-refractivity contribution in [1.29, 1.82) is 0 Å². The highest BCUT2D eigenvalue weighted by atomic mass is 33.1. The maximum absolute atomic E-state index is 14.9. The Bertz CT molecular complexity index is 2500. The molecule has 1 spiro atoms. The highest BCUT2D eigenvalue weighted by Crippen LogP contribution is 2.47. The molecule has 0 saturated carbocycles. The Morgan fingerprint density at radius 1 is 0.797 bits per heavy atom. The van der Waals surface area contributed by atoms with Gasteiger partial charge in [0.2, 0.25) is 59.1 Å². The topological polar surface area (TPSA) is 384 Å². The largest absolute Gasteiger partial charge is 0.494 e. The standard InChI is InChI=1S/C52H75N13O11S3/c1-4-76-33-16-14-32(15-17-33)25-35-45(70)61-36(24-31-10-6-5-7-11-31)47(72)64-43(30(2)3)49(74)62-37(26-40(53)66)46(71)63-38(29-78-79-52(27-42(68)59-35)18-22-77-23-19-52)50(75)65-21-9-13-39(65)48(73)60-34(12-8-20-57-51(55)56)44(69)58-28-41(54)67/h5-7,10-11,14-17,30,34-39,43H,4,8-9,12-13,18-29H2,1-3H3,(H2,53,66)(H2,54,67)(H,58,69)(H,59,68)(H,60,73)(H,61,70)(H,62,74)(H,63,71)(H,64,72)(H4,55,56,57)/t34-,35?,36?,37-,38?,39-,43-/m0/s1. The van der Waals surface area contributed by atoms with Crippen LogP contribution in [0, 0.1) is 5.92 Å². The lowest BCUT2D eigenvalue weighted by Crippen LogP contribution is -2.61. The lowest BCUT2D eigenvalue weighted by atomic mass is 9.96. The van der Waals surface area contributed by atoms with E-state index in [4.69, 9.17) is 27.7 Å². The second kappa shape index (κ2) is 31.2. The molecule has 3 aliphatic rings. The predicted molar refractivity (Wildman–Crippen MR) is 303 cm³/mol. The number of carbonyl (C=O) groups excluding carboxylic acids is 10. The summed E-state index contributed by atoms with van der Waals surface area (Å²) in [6.45, 7) is 5.27. The summed E-state index contributed by atoms with van der Waals surface area (Å²) >= 11 is 1.71. The summed E-state index contributed by atoms with van der Waals surface area (Å²) in [5, 5.41) is 19.0. The number of nitrogens with two attached hydrogens (primary N) is 4. The van der Waals surface area contributed by atoms with Gasteiger partial charge in [-0.25, -0.2) is 0 Å². The maximum Gasteiger partial charge on any atom is 0.246 e. The Morgan fingerprint density at radius 2 is 1.43 bits per heavy atom. The number of primary amides is 2. The van der Waals surface area contributed by atoms with E-state index in [-0.39, 0.29) is 63.3 Å². The molecule has 79 heavy (non-hydrogen) atoms. The van der Waals surface area contributed by atoms with E-state index in [1.54, 1.807) is 80.2 Å². The molecule has 7 atom stereocenters. The van der Waals surface area contributed by atoms with Gasteiger partial charge in [0.15, 0.2) is 5.96 Å². The van der Waals surface area contributed by atoms with Crippen LogP contribution in [-0.2, 0) is 60.8 Å². The van der Waals surface area contributed by atoms with Crippen molar-refractivity contribution < 1.29 is 52.7 Å².